The predicted molar refractivity (Wildman–Crippen MR) is 185 cm³/mol. The molecule has 0 saturated carbocycles. The Labute approximate surface area is 292 Å². The van der Waals surface area contributed by atoms with E-state index < -0.39 is 35.4 Å². The van der Waals surface area contributed by atoms with Crippen molar-refractivity contribution in [1.82, 2.24) is 24.8 Å². The molecule has 4 fully saturated rings. The van der Waals surface area contributed by atoms with E-state index in [9.17, 15) is 9.90 Å². The van der Waals surface area contributed by atoms with Crippen LogP contribution >= 0.6 is 0 Å². The van der Waals surface area contributed by atoms with Gasteiger partial charge >= 0.3 is 12.1 Å². The maximum atomic E-state index is 17.3. The van der Waals surface area contributed by atoms with Gasteiger partial charge in [-0.05, 0) is 37.6 Å². The number of fused-ring (bicyclic) bond motifs is 7. The largest absolute Gasteiger partial charge is 0.472 e. The minimum absolute atomic E-state index is 0.00889. The highest BCUT2D eigenvalue weighted by Crippen LogP contribution is 2.48. The van der Waals surface area contributed by atoms with E-state index in [1.807, 2.05) is 11.8 Å². The summed E-state index contributed by atoms with van der Waals surface area (Å²) < 4.78 is 51.1. The highest BCUT2D eigenvalue weighted by molar-refractivity contribution is 6.03. The predicted octanol–water partition coefficient (Wildman–Crippen LogP) is 5.38. The maximum Gasteiger partial charge on any atom is 0.407 e. The Balaban J connectivity index is 1.24. The van der Waals surface area contributed by atoms with Crippen LogP contribution in [0.4, 0.5) is 19.4 Å². The van der Waals surface area contributed by atoms with Gasteiger partial charge in [0.05, 0.1) is 35.3 Å². The van der Waals surface area contributed by atoms with E-state index in [1.165, 1.54) is 11.0 Å². The molecule has 0 aliphatic carbocycles. The molecule has 2 bridgehead atoms. The molecule has 2 aromatic carbocycles. The molecule has 4 saturated heterocycles. The summed E-state index contributed by atoms with van der Waals surface area (Å²) in [5.74, 6) is 1.51. The van der Waals surface area contributed by atoms with Gasteiger partial charge in [0, 0.05) is 44.1 Å². The molecule has 0 radical (unpaired) electrons. The van der Waals surface area contributed by atoms with Crippen molar-refractivity contribution >= 4 is 33.6 Å². The summed E-state index contributed by atoms with van der Waals surface area (Å²) in [5, 5.41) is 11.4. The number of pyridine rings is 1. The van der Waals surface area contributed by atoms with Crippen LogP contribution in [0.1, 0.15) is 38.2 Å². The number of hydrogen-bond donors (Lipinski definition) is 1. The lowest BCUT2D eigenvalue weighted by Crippen LogP contribution is -2.64. The van der Waals surface area contributed by atoms with Gasteiger partial charge in [-0.1, -0.05) is 42.3 Å². The fourth-order valence-corrected chi connectivity index (χ4v) is 9.41. The molecule has 7 heterocycles. The van der Waals surface area contributed by atoms with E-state index in [-0.39, 0.29) is 64.4 Å². The number of rotatable bonds is 5. The summed E-state index contributed by atoms with van der Waals surface area (Å²) in [6, 6.07) is 6.87. The number of hydrogen-bond acceptors (Lipinski definition) is 9. The van der Waals surface area contributed by atoms with E-state index in [4.69, 9.17) is 30.6 Å². The summed E-state index contributed by atoms with van der Waals surface area (Å²) in [6.07, 6.45) is 7.08. The van der Waals surface area contributed by atoms with Crippen molar-refractivity contribution in [3.8, 4) is 35.5 Å². The van der Waals surface area contributed by atoms with Gasteiger partial charge in [-0.2, -0.15) is 9.97 Å². The molecule has 9 rings (SSSR count). The Bertz CT molecular complexity index is 2210. The molecule has 5 aliphatic heterocycles. The number of carbonyl (C=O) groups is 1. The molecule has 1 N–H and O–H groups in total. The first-order valence-corrected chi connectivity index (χ1v) is 17.3. The van der Waals surface area contributed by atoms with Crippen molar-refractivity contribution < 1.29 is 32.9 Å². The Morgan fingerprint density at radius 1 is 1.18 bits per heavy atom. The minimum Gasteiger partial charge on any atom is -0.472 e. The summed E-state index contributed by atoms with van der Waals surface area (Å²) in [7, 11) is 1.70. The molecule has 262 valence electrons. The van der Waals surface area contributed by atoms with Gasteiger partial charge in [0.15, 0.2) is 5.82 Å². The van der Waals surface area contributed by atoms with Gasteiger partial charge in [-0.15, -0.1) is 6.42 Å². The molecule has 4 aromatic rings. The second kappa shape index (κ2) is 11.5. The Morgan fingerprint density at radius 3 is 2.80 bits per heavy atom. The highest BCUT2D eigenvalue weighted by atomic mass is 19.1. The van der Waals surface area contributed by atoms with Crippen LogP contribution in [0.2, 0.25) is 0 Å². The van der Waals surface area contributed by atoms with Gasteiger partial charge < -0.3 is 24.2 Å². The van der Waals surface area contributed by atoms with Gasteiger partial charge in [0.1, 0.15) is 40.9 Å². The number of amides is 1. The van der Waals surface area contributed by atoms with Crippen molar-refractivity contribution in [2.24, 2.45) is 0 Å². The van der Waals surface area contributed by atoms with Gasteiger partial charge in [0.25, 0.3) is 0 Å². The molecule has 11 nitrogen and oxygen atoms in total. The first kappa shape index (κ1) is 31.9. The average molecular weight is 695 g/mol. The lowest BCUT2D eigenvalue weighted by molar-refractivity contribution is 0.0706. The zero-order chi connectivity index (χ0) is 35.3. The maximum absolute atomic E-state index is 17.3. The van der Waals surface area contributed by atoms with Crippen LogP contribution in [0.25, 0.3) is 32.9 Å². The van der Waals surface area contributed by atoms with Crippen molar-refractivity contribution in [3.63, 3.8) is 0 Å². The second-order valence-corrected chi connectivity index (χ2v) is 14.2. The number of ether oxygens (including phenoxy) is 3. The van der Waals surface area contributed by atoms with Crippen molar-refractivity contribution in [2.45, 2.75) is 68.5 Å². The Kier molecular flexibility index (Phi) is 7.18. The number of nitrogens with zero attached hydrogens (tertiary/aromatic N) is 6. The third-order valence-corrected chi connectivity index (χ3v) is 11.8. The zero-order valence-corrected chi connectivity index (χ0v) is 28.2. The number of carboxylic acid groups (broad SMARTS) is 1. The van der Waals surface area contributed by atoms with Crippen molar-refractivity contribution in [3.05, 3.63) is 59.7 Å². The number of methoxy groups -OCH3 is 1. The fraction of sp³-hybridized carbons (Fsp3) is 0.421. The molecule has 5 aliphatic rings. The number of anilines is 1. The third-order valence-electron chi connectivity index (χ3n) is 11.8. The average Bonchev–Trinajstić information content (AvgIpc) is 3.73. The van der Waals surface area contributed by atoms with Crippen LogP contribution in [-0.4, -0.2) is 105 Å². The van der Waals surface area contributed by atoms with Crippen LogP contribution in [0, 0.1) is 24.0 Å². The van der Waals surface area contributed by atoms with E-state index in [2.05, 4.69) is 22.4 Å². The summed E-state index contributed by atoms with van der Waals surface area (Å²) in [6.45, 7) is 8.32. The van der Waals surface area contributed by atoms with Crippen molar-refractivity contribution in [2.75, 3.05) is 38.3 Å². The second-order valence-electron chi connectivity index (χ2n) is 14.2. The quantitative estimate of drug-likeness (QED) is 0.216. The summed E-state index contributed by atoms with van der Waals surface area (Å²) in [5.41, 5.74) is 0.635. The summed E-state index contributed by atoms with van der Waals surface area (Å²) in [4.78, 5) is 32.7. The van der Waals surface area contributed by atoms with Gasteiger partial charge in [-0.25, -0.2) is 18.6 Å². The van der Waals surface area contributed by atoms with E-state index in [1.54, 1.807) is 31.4 Å². The smallest absolute Gasteiger partial charge is 0.407 e. The summed E-state index contributed by atoms with van der Waals surface area (Å²) >= 11 is 0. The Hall–Kier alpha value is -5.06. The number of aromatic nitrogens is 3. The lowest BCUT2D eigenvalue weighted by atomic mass is 9.90. The molecule has 2 aromatic heterocycles. The first-order chi connectivity index (χ1) is 24.6. The first-order valence-electron chi connectivity index (χ1n) is 17.3. The molecule has 5 unspecified atom stereocenters. The van der Waals surface area contributed by atoms with Crippen LogP contribution < -0.4 is 14.4 Å². The zero-order valence-electron chi connectivity index (χ0n) is 28.2. The van der Waals surface area contributed by atoms with Gasteiger partial charge in [-0.3, -0.25) is 9.80 Å². The fourth-order valence-electron chi connectivity index (χ4n) is 9.41. The molecule has 6 atom stereocenters. The van der Waals surface area contributed by atoms with E-state index in [0.29, 0.717) is 42.4 Å². The van der Waals surface area contributed by atoms with E-state index >= 15 is 8.78 Å². The number of terminal acetylenes is 1. The molecular formula is C38H36F2N6O5. The molecule has 13 heteroatoms. The van der Waals surface area contributed by atoms with Crippen LogP contribution in [-0.2, 0) is 4.74 Å². The van der Waals surface area contributed by atoms with Gasteiger partial charge in [0.2, 0.25) is 5.88 Å². The topological polar surface area (TPSA) is 113 Å². The SMILES string of the molecule is C#Cc1c(F)ccc2cccc(-c3nc4c5c(nc(OCC67C[C@H](OC)CN6CCC7=C)nc5c3F)N3CC5CCC(C3C(C)O4)N5C(=O)O)c12. The molecular weight excluding hydrogens is 658 g/mol. The highest BCUT2D eigenvalue weighted by Gasteiger charge is 2.54. The van der Waals surface area contributed by atoms with E-state index in [0.717, 1.165) is 25.1 Å². The normalized spacial score (nSPS) is 28.1. The number of halogens is 2. The molecule has 0 spiro atoms. The Morgan fingerprint density at radius 2 is 2.02 bits per heavy atom. The van der Waals surface area contributed by atoms with Crippen LogP contribution in [0.5, 0.6) is 11.9 Å². The standard InChI is InChI=1S/C38H36F2N6O5/c1-5-24-26(39)11-9-21-7-6-8-25(28(21)24)31-30(40)32-29-34(43-36(42-32)50-18-38-15-23(49-4)17-44(38)14-13-19(38)2)45-16-22-10-12-27(46(22)37(47)48)33(45)20(3)51-35(29)41-31/h1,6-9,11,20,22-23,27,33H,2,10,12-18H2,3-4H3,(H,47,48)/t20?,22?,23-,27?,33?,38?/m0/s1. The van der Waals surface area contributed by atoms with Crippen LogP contribution in [0.3, 0.4) is 0 Å². The minimum atomic E-state index is -0.988. The monoisotopic (exact) mass is 694 g/mol. The third kappa shape index (κ3) is 4.55. The molecule has 1 amide bonds. The van der Waals surface area contributed by atoms with Crippen molar-refractivity contribution in [1.29, 1.82) is 0 Å². The lowest BCUT2D eigenvalue weighted by Gasteiger charge is -2.47. The molecule has 51 heavy (non-hydrogen) atoms. The number of benzene rings is 2. The van der Waals surface area contributed by atoms with Crippen LogP contribution in [0.15, 0.2) is 42.5 Å². The number of piperazine rings is 1.